The minimum absolute atomic E-state index is 0.106. The molecule has 3 aromatic heterocycles. The number of ether oxygens (including phenoxy) is 1. The van der Waals surface area contributed by atoms with Crippen LogP contribution >= 0.6 is 0 Å². The molecule has 0 bridgehead atoms. The topological polar surface area (TPSA) is 154 Å². The van der Waals surface area contributed by atoms with Gasteiger partial charge in [-0.05, 0) is 19.1 Å². The zero-order valence-electron chi connectivity index (χ0n) is 14.9. The highest BCUT2D eigenvalue weighted by Crippen LogP contribution is 2.28. The number of carbonyl (C=O) groups is 2. The van der Waals surface area contributed by atoms with Gasteiger partial charge in [0.25, 0.3) is 17.1 Å². The Kier molecular flexibility index (Phi) is 4.15. The van der Waals surface area contributed by atoms with Gasteiger partial charge in [-0.25, -0.2) is 9.31 Å². The summed E-state index contributed by atoms with van der Waals surface area (Å²) in [7, 11) is 0. The standard InChI is InChI=1S/C17H12N6O6/c1-2-29-17(26)14-19-15-16(25)18-10-5-13(23(27)28)12(6-11(10)22(15)20-14)21-4-3-9(7-21)8-24/h3-8H,2H2,1H3,(H,18,25). The van der Waals surface area contributed by atoms with E-state index in [4.69, 9.17) is 4.74 Å². The number of benzene rings is 1. The molecular weight excluding hydrogens is 384 g/mol. The number of aldehydes is 1. The zero-order chi connectivity index (χ0) is 20.7. The molecule has 0 radical (unpaired) electrons. The van der Waals surface area contributed by atoms with E-state index >= 15 is 0 Å². The Labute approximate surface area is 160 Å². The Morgan fingerprint density at radius 1 is 1.41 bits per heavy atom. The molecule has 1 aromatic carbocycles. The normalized spacial score (nSPS) is 11.1. The Morgan fingerprint density at radius 2 is 2.21 bits per heavy atom. The third kappa shape index (κ3) is 2.92. The highest BCUT2D eigenvalue weighted by molar-refractivity contribution is 5.88. The maximum absolute atomic E-state index is 12.3. The SMILES string of the molecule is CCOC(=O)c1nc2c(=O)[nH]c3cc([N+](=O)[O-])c(-n4ccc(C=O)c4)cc3n2n1. The van der Waals surface area contributed by atoms with Gasteiger partial charge in [-0.3, -0.25) is 19.7 Å². The second kappa shape index (κ2) is 6.67. The first-order chi connectivity index (χ1) is 13.9. The van der Waals surface area contributed by atoms with Gasteiger partial charge in [0.15, 0.2) is 6.29 Å². The maximum Gasteiger partial charge on any atom is 0.378 e. The number of hydrogen-bond donors (Lipinski definition) is 1. The number of aromatic nitrogens is 5. The van der Waals surface area contributed by atoms with Crippen molar-refractivity contribution in [2.45, 2.75) is 6.92 Å². The number of rotatable bonds is 5. The number of aromatic amines is 1. The number of fused-ring (bicyclic) bond motifs is 3. The summed E-state index contributed by atoms with van der Waals surface area (Å²) in [4.78, 5) is 52.6. The summed E-state index contributed by atoms with van der Waals surface area (Å²) in [6.07, 6.45) is 3.53. The summed E-state index contributed by atoms with van der Waals surface area (Å²) >= 11 is 0. The van der Waals surface area contributed by atoms with Gasteiger partial charge in [-0.2, -0.15) is 4.98 Å². The highest BCUT2D eigenvalue weighted by Gasteiger charge is 2.22. The third-order valence-electron chi connectivity index (χ3n) is 4.16. The minimum atomic E-state index is -0.799. The molecule has 0 fully saturated rings. The van der Waals surface area contributed by atoms with E-state index in [1.54, 1.807) is 6.92 Å². The van der Waals surface area contributed by atoms with Gasteiger partial charge in [0.1, 0.15) is 5.69 Å². The molecule has 0 atom stereocenters. The Hall–Kier alpha value is -4.35. The molecule has 0 saturated heterocycles. The van der Waals surface area contributed by atoms with Gasteiger partial charge < -0.3 is 14.3 Å². The van der Waals surface area contributed by atoms with Crippen LogP contribution in [0.25, 0.3) is 22.4 Å². The highest BCUT2D eigenvalue weighted by atomic mass is 16.6. The van der Waals surface area contributed by atoms with Gasteiger partial charge in [-0.1, -0.05) is 0 Å². The first-order valence-electron chi connectivity index (χ1n) is 8.34. The van der Waals surface area contributed by atoms with Crippen LogP contribution in [-0.4, -0.2) is 47.9 Å². The van der Waals surface area contributed by atoms with Crippen LogP contribution in [0, 0.1) is 10.1 Å². The van der Waals surface area contributed by atoms with Crippen molar-refractivity contribution in [3.05, 3.63) is 62.4 Å². The van der Waals surface area contributed by atoms with E-state index in [0.29, 0.717) is 11.8 Å². The van der Waals surface area contributed by atoms with Crippen molar-refractivity contribution < 1.29 is 19.2 Å². The molecule has 12 nitrogen and oxygen atoms in total. The molecule has 0 spiro atoms. The molecule has 1 N–H and O–H groups in total. The molecular formula is C17H12N6O6. The average Bonchev–Trinajstić information content (AvgIpc) is 3.35. The maximum atomic E-state index is 12.3. The summed E-state index contributed by atoms with van der Waals surface area (Å²) in [5.41, 5.74) is -0.279. The number of esters is 1. The van der Waals surface area contributed by atoms with Crippen LogP contribution in [0.15, 0.2) is 35.4 Å². The lowest BCUT2D eigenvalue weighted by atomic mass is 10.2. The summed E-state index contributed by atoms with van der Waals surface area (Å²) < 4.78 is 7.38. The number of nitrogens with zero attached hydrogens (tertiary/aromatic N) is 5. The fourth-order valence-electron chi connectivity index (χ4n) is 2.91. The summed E-state index contributed by atoms with van der Waals surface area (Å²) in [5.74, 6) is -1.11. The molecule has 0 aliphatic rings. The van der Waals surface area contributed by atoms with Crippen molar-refractivity contribution in [3.63, 3.8) is 0 Å². The fourth-order valence-corrected chi connectivity index (χ4v) is 2.91. The lowest BCUT2D eigenvalue weighted by Crippen LogP contribution is -2.12. The summed E-state index contributed by atoms with van der Waals surface area (Å²) in [5, 5.41) is 15.6. The molecule has 4 aromatic rings. The smallest absolute Gasteiger partial charge is 0.378 e. The van der Waals surface area contributed by atoms with Crippen LogP contribution in [0.5, 0.6) is 0 Å². The number of carbonyl (C=O) groups excluding carboxylic acids is 2. The van der Waals surface area contributed by atoms with Gasteiger partial charge in [-0.15, -0.1) is 5.10 Å². The molecule has 0 unspecified atom stereocenters. The molecule has 0 aliphatic carbocycles. The van der Waals surface area contributed by atoms with Crippen molar-refractivity contribution >= 4 is 34.6 Å². The van der Waals surface area contributed by atoms with Crippen LogP contribution in [0.2, 0.25) is 0 Å². The van der Waals surface area contributed by atoms with Crippen molar-refractivity contribution in [1.29, 1.82) is 0 Å². The predicted octanol–water partition coefficient (Wildman–Crippen LogP) is 1.26. The van der Waals surface area contributed by atoms with E-state index < -0.39 is 16.5 Å². The third-order valence-corrected chi connectivity index (χ3v) is 4.16. The fraction of sp³-hybridized carbons (Fsp3) is 0.118. The minimum Gasteiger partial charge on any atom is -0.460 e. The lowest BCUT2D eigenvalue weighted by molar-refractivity contribution is -0.384. The zero-order valence-corrected chi connectivity index (χ0v) is 14.9. The molecule has 146 valence electrons. The lowest BCUT2D eigenvalue weighted by Gasteiger charge is -2.07. The van der Waals surface area contributed by atoms with Crippen molar-refractivity contribution in [1.82, 2.24) is 24.1 Å². The second-order valence-electron chi connectivity index (χ2n) is 5.93. The van der Waals surface area contributed by atoms with Crippen LogP contribution in [-0.2, 0) is 4.74 Å². The van der Waals surface area contributed by atoms with Crippen LogP contribution in [0.4, 0.5) is 5.69 Å². The number of H-pyrrole nitrogens is 1. The monoisotopic (exact) mass is 396 g/mol. The van der Waals surface area contributed by atoms with Crippen LogP contribution < -0.4 is 5.56 Å². The first kappa shape index (κ1) is 18.0. The van der Waals surface area contributed by atoms with E-state index in [2.05, 4.69) is 15.1 Å². The molecule has 0 saturated carbocycles. The first-order valence-corrected chi connectivity index (χ1v) is 8.34. The number of hydrogen-bond acceptors (Lipinski definition) is 8. The van der Waals surface area contributed by atoms with Crippen molar-refractivity contribution in [2.75, 3.05) is 6.61 Å². The van der Waals surface area contributed by atoms with E-state index in [1.807, 2.05) is 0 Å². The van der Waals surface area contributed by atoms with Crippen LogP contribution in [0.3, 0.4) is 0 Å². The van der Waals surface area contributed by atoms with Gasteiger partial charge in [0.2, 0.25) is 5.65 Å². The van der Waals surface area contributed by atoms with Gasteiger partial charge >= 0.3 is 5.97 Å². The Morgan fingerprint density at radius 3 is 2.86 bits per heavy atom. The molecule has 4 rings (SSSR count). The van der Waals surface area contributed by atoms with E-state index in [-0.39, 0.29) is 40.5 Å². The van der Waals surface area contributed by atoms with Gasteiger partial charge in [0.05, 0.1) is 22.6 Å². The predicted molar refractivity (Wildman–Crippen MR) is 98.4 cm³/mol. The second-order valence-corrected chi connectivity index (χ2v) is 5.93. The van der Waals surface area contributed by atoms with E-state index in [9.17, 15) is 24.5 Å². The average molecular weight is 396 g/mol. The summed E-state index contributed by atoms with van der Waals surface area (Å²) in [6.45, 7) is 1.72. The summed E-state index contributed by atoms with van der Waals surface area (Å²) in [6, 6.07) is 4.09. The molecule has 0 aliphatic heterocycles. The van der Waals surface area contributed by atoms with E-state index in [0.717, 1.165) is 4.52 Å². The molecule has 0 amide bonds. The number of nitro groups is 1. The number of nitrogens with one attached hydrogen (secondary N) is 1. The Balaban J connectivity index is 2.04. The van der Waals surface area contributed by atoms with Crippen molar-refractivity contribution in [2.24, 2.45) is 0 Å². The van der Waals surface area contributed by atoms with Crippen LogP contribution in [0.1, 0.15) is 27.9 Å². The largest absolute Gasteiger partial charge is 0.460 e. The number of nitro benzene ring substituents is 1. The quantitative estimate of drug-likeness (QED) is 0.229. The van der Waals surface area contributed by atoms with Gasteiger partial charge in [0, 0.05) is 24.0 Å². The molecule has 12 heteroatoms. The Bertz CT molecular complexity index is 1360. The van der Waals surface area contributed by atoms with E-state index in [1.165, 1.54) is 35.2 Å². The molecule has 29 heavy (non-hydrogen) atoms. The van der Waals surface area contributed by atoms with Crippen molar-refractivity contribution in [3.8, 4) is 5.69 Å². The molecule has 3 heterocycles.